The van der Waals surface area contributed by atoms with Crippen LogP contribution >= 0.6 is 0 Å². The second kappa shape index (κ2) is 6.22. The number of hydrogen-bond donors (Lipinski definition) is 2. The lowest BCUT2D eigenvalue weighted by atomic mass is 10.0. The maximum atomic E-state index is 12.0. The zero-order valence-electron chi connectivity index (χ0n) is 13.4. The first kappa shape index (κ1) is 15.1. The molecule has 0 saturated carbocycles. The number of fused-ring (bicyclic) bond motifs is 1. The zero-order chi connectivity index (χ0) is 17.2. The number of nitrogen functional groups attached to an aromatic ring is 1. The van der Waals surface area contributed by atoms with Gasteiger partial charge in [-0.1, -0.05) is 60.7 Å². The summed E-state index contributed by atoms with van der Waals surface area (Å²) in [6.07, 6.45) is 0. The highest BCUT2D eigenvalue weighted by atomic mass is 16.2. The Balaban J connectivity index is 2.00. The number of carbonyl (C=O) groups is 1. The molecule has 0 radical (unpaired) electrons. The van der Waals surface area contributed by atoms with Gasteiger partial charge in [0.25, 0.3) is 5.91 Å². The van der Waals surface area contributed by atoms with Crippen LogP contribution in [-0.4, -0.2) is 15.7 Å². The summed E-state index contributed by atoms with van der Waals surface area (Å²) in [4.78, 5) is 12.0. The number of para-hydroxylation sites is 1. The smallest absolute Gasteiger partial charge is 0.285 e. The van der Waals surface area contributed by atoms with Gasteiger partial charge in [-0.3, -0.25) is 10.2 Å². The van der Waals surface area contributed by atoms with Gasteiger partial charge >= 0.3 is 0 Å². The number of nitrogens with two attached hydrogens (primary N) is 1. The van der Waals surface area contributed by atoms with Crippen LogP contribution in [-0.2, 0) is 0 Å². The van der Waals surface area contributed by atoms with Crippen LogP contribution in [0.25, 0.3) is 27.7 Å². The Kier molecular flexibility index (Phi) is 3.76. The second-order valence-corrected chi connectivity index (χ2v) is 5.66. The van der Waals surface area contributed by atoms with E-state index < -0.39 is 5.91 Å². The number of nitrogens with zero attached hydrogens (tertiary/aromatic N) is 2. The van der Waals surface area contributed by atoms with Crippen LogP contribution in [0.1, 0.15) is 10.5 Å². The van der Waals surface area contributed by atoms with Gasteiger partial charge in [0, 0.05) is 5.56 Å². The number of rotatable bonds is 3. The fraction of sp³-hybridized carbons (Fsp3) is 0. The SMILES string of the molecule is NNC(=O)c1cc(-c2cccc3ccccc23)n(-c2ccccc2)n1. The van der Waals surface area contributed by atoms with Crippen LogP contribution in [0, 0.1) is 0 Å². The molecule has 0 atom stereocenters. The molecule has 3 aromatic carbocycles. The minimum atomic E-state index is -0.420. The van der Waals surface area contributed by atoms with Crippen molar-refractivity contribution in [3.63, 3.8) is 0 Å². The predicted molar refractivity (Wildman–Crippen MR) is 98.2 cm³/mol. The molecule has 0 spiro atoms. The summed E-state index contributed by atoms with van der Waals surface area (Å²) in [5, 5.41) is 6.69. The van der Waals surface area contributed by atoms with Gasteiger partial charge in [-0.25, -0.2) is 10.5 Å². The average Bonchev–Trinajstić information content (AvgIpc) is 3.13. The Morgan fingerprint density at radius 1 is 0.920 bits per heavy atom. The summed E-state index contributed by atoms with van der Waals surface area (Å²) in [6.45, 7) is 0. The minimum absolute atomic E-state index is 0.272. The lowest BCUT2D eigenvalue weighted by Crippen LogP contribution is -2.30. The van der Waals surface area contributed by atoms with Gasteiger partial charge in [-0.2, -0.15) is 5.10 Å². The first-order chi connectivity index (χ1) is 12.3. The minimum Gasteiger partial charge on any atom is -0.289 e. The van der Waals surface area contributed by atoms with Crippen LogP contribution in [0.2, 0.25) is 0 Å². The molecule has 0 aliphatic carbocycles. The molecule has 0 aliphatic rings. The van der Waals surface area contributed by atoms with Gasteiger partial charge in [0.15, 0.2) is 5.69 Å². The molecule has 1 aromatic heterocycles. The van der Waals surface area contributed by atoms with E-state index in [4.69, 9.17) is 5.84 Å². The van der Waals surface area contributed by atoms with E-state index in [1.54, 1.807) is 10.7 Å². The molecule has 122 valence electrons. The molecule has 1 heterocycles. The van der Waals surface area contributed by atoms with E-state index in [-0.39, 0.29) is 5.69 Å². The average molecular weight is 328 g/mol. The Hall–Kier alpha value is -3.44. The van der Waals surface area contributed by atoms with E-state index in [2.05, 4.69) is 28.7 Å². The van der Waals surface area contributed by atoms with Crippen molar-refractivity contribution in [2.45, 2.75) is 0 Å². The number of nitrogens with one attached hydrogen (secondary N) is 1. The monoisotopic (exact) mass is 328 g/mol. The van der Waals surface area contributed by atoms with Crippen molar-refractivity contribution >= 4 is 16.7 Å². The summed E-state index contributed by atoms with van der Waals surface area (Å²) in [7, 11) is 0. The summed E-state index contributed by atoms with van der Waals surface area (Å²) in [5.41, 5.74) is 5.14. The first-order valence-corrected chi connectivity index (χ1v) is 7.92. The van der Waals surface area contributed by atoms with Gasteiger partial charge in [0.2, 0.25) is 0 Å². The topological polar surface area (TPSA) is 72.9 Å². The maximum Gasteiger partial charge on any atom is 0.285 e. The third kappa shape index (κ3) is 2.66. The summed E-state index contributed by atoms with van der Waals surface area (Å²) in [5.74, 6) is 4.86. The van der Waals surface area contributed by atoms with Gasteiger partial charge < -0.3 is 0 Å². The van der Waals surface area contributed by atoms with Crippen LogP contribution < -0.4 is 11.3 Å². The molecule has 3 N–H and O–H groups in total. The van der Waals surface area contributed by atoms with Crippen molar-refractivity contribution in [3.05, 3.63) is 84.6 Å². The lowest BCUT2D eigenvalue weighted by molar-refractivity contribution is 0.0948. The molecule has 5 nitrogen and oxygen atoms in total. The van der Waals surface area contributed by atoms with Crippen molar-refractivity contribution in [2.75, 3.05) is 0 Å². The van der Waals surface area contributed by atoms with Gasteiger partial charge in [0.1, 0.15) is 0 Å². The fourth-order valence-electron chi connectivity index (χ4n) is 2.97. The Labute approximate surface area is 144 Å². The number of carbonyl (C=O) groups excluding carboxylic acids is 1. The van der Waals surface area contributed by atoms with E-state index >= 15 is 0 Å². The highest BCUT2D eigenvalue weighted by Gasteiger charge is 2.17. The summed E-state index contributed by atoms with van der Waals surface area (Å²) >= 11 is 0. The van der Waals surface area contributed by atoms with Crippen molar-refractivity contribution in [2.24, 2.45) is 5.84 Å². The van der Waals surface area contributed by atoms with E-state index in [0.29, 0.717) is 0 Å². The van der Waals surface area contributed by atoms with Gasteiger partial charge in [-0.05, 0) is 29.0 Å². The largest absolute Gasteiger partial charge is 0.289 e. The Morgan fingerprint density at radius 2 is 1.64 bits per heavy atom. The maximum absolute atomic E-state index is 12.0. The van der Waals surface area contributed by atoms with Crippen LogP contribution in [0.15, 0.2) is 78.9 Å². The first-order valence-electron chi connectivity index (χ1n) is 7.92. The van der Waals surface area contributed by atoms with Crippen LogP contribution in [0.4, 0.5) is 0 Å². The Bertz CT molecular complexity index is 1050. The molecular formula is C20H16N4O. The molecule has 4 rings (SSSR count). The normalized spacial score (nSPS) is 10.8. The molecule has 0 aliphatic heterocycles. The summed E-state index contributed by atoms with van der Waals surface area (Å²) < 4.78 is 1.77. The molecule has 1 amide bonds. The predicted octanol–water partition coefficient (Wildman–Crippen LogP) is 3.30. The van der Waals surface area contributed by atoms with E-state index in [1.807, 2.05) is 54.6 Å². The molecule has 25 heavy (non-hydrogen) atoms. The van der Waals surface area contributed by atoms with E-state index in [0.717, 1.165) is 27.7 Å². The number of amides is 1. The molecular weight excluding hydrogens is 312 g/mol. The highest BCUT2D eigenvalue weighted by molar-refractivity contribution is 5.98. The molecule has 0 saturated heterocycles. The van der Waals surface area contributed by atoms with Gasteiger partial charge in [-0.15, -0.1) is 0 Å². The molecule has 4 aromatic rings. The van der Waals surface area contributed by atoms with Crippen LogP contribution in [0.3, 0.4) is 0 Å². The second-order valence-electron chi connectivity index (χ2n) is 5.66. The molecule has 5 heteroatoms. The summed E-state index contributed by atoms with van der Waals surface area (Å²) in [6, 6.07) is 25.7. The number of hydrogen-bond acceptors (Lipinski definition) is 3. The van der Waals surface area contributed by atoms with Crippen molar-refractivity contribution in [3.8, 4) is 16.9 Å². The van der Waals surface area contributed by atoms with Gasteiger partial charge in [0.05, 0.1) is 11.4 Å². The zero-order valence-corrected chi connectivity index (χ0v) is 13.4. The third-order valence-corrected chi connectivity index (χ3v) is 4.14. The molecule has 0 fully saturated rings. The molecule has 0 bridgehead atoms. The van der Waals surface area contributed by atoms with Crippen LogP contribution in [0.5, 0.6) is 0 Å². The number of aromatic nitrogens is 2. The van der Waals surface area contributed by atoms with E-state index in [1.165, 1.54) is 0 Å². The highest BCUT2D eigenvalue weighted by Crippen LogP contribution is 2.30. The standard InChI is InChI=1S/C20H16N4O/c21-22-20(25)18-13-19(24(23-18)15-9-2-1-3-10-15)17-12-6-8-14-7-4-5-11-16(14)17/h1-13H,21H2,(H,22,25). The lowest BCUT2D eigenvalue weighted by Gasteiger charge is -2.10. The third-order valence-electron chi connectivity index (χ3n) is 4.14. The fourth-order valence-corrected chi connectivity index (χ4v) is 2.97. The van der Waals surface area contributed by atoms with E-state index in [9.17, 15) is 4.79 Å². The quantitative estimate of drug-likeness (QED) is 0.344. The number of benzene rings is 3. The van der Waals surface area contributed by atoms with Crippen molar-refractivity contribution in [1.82, 2.24) is 15.2 Å². The number of hydrazine groups is 1. The molecule has 0 unspecified atom stereocenters. The Morgan fingerprint density at radius 3 is 2.44 bits per heavy atom. The van der Waals surface area contributed by atoms with Crippen molar-refractivity contribution in [1.29, 1.82) is 0 Å². The van der Waals surface area contributed by atoms with Crippen molar-refractivity contribution < 1.29 is 4.79 Å².